The molecule has 1 aromatic rings. The van der Waals surface area contributed by atoms with Crippen LogP contribution < -0.4 is 5.32 Å². The van der Waals surface area contributed by atoms with Crippen molar-refractivity contribution in [1.82, 2.24) is 19.4 Å². The zero-order chi connectivity index (χ0) is 20.5. The van der Waals surface area contributed by atoms with Gasteiger partial charge < -0.3 is 10.2 Å². The summed E-state index contributed by atoms with van der Waals surface area (Å²) in [6, 6.07) is 3.77. The van der Waals surface area contributed by atoms with Gasteiger partial charge in [0.1, 0.15) is 0 Å². The first kappa shape index (κ1) is 20.8. The molecule has 2 saturated heterocycles. The maximum absolute atomic E-state index is 13.1. The summed E-state index contributed by atoms with van der Waals surface area (Å²) in [5.41, 5.74) is 2.54. The number of carbonyl (C=O) groups excluding carboxylic acids is 2. The third-order valence-corrected chi connectivity index (χ3v) is 7.48. The van der Waals surface area contributed by atoms with E-state index in [9.17, 15) is 18.0 Å². The third kappa shape index (κ3) is 4.37. The van der Waals surface area contributed by atoms with Gasteiger partial charge in [-0.05, 0) is 31.9 Å². The minimum absolute atomic E-state index is 0.0607. The number of hydrogen-bond donors (Lipinski definition) is 1. The Morgan fingerprint density at radius 1 is 1.04 bits per heavy atom. The van der Waals surface area contributed by atoms with Crippen LogP contribution in [0.3, 0.4) is 0 Å². The van der Waals surface area contributed by atoms with Crippen LogP contribution in [0, 0.1) is 20.8 Å². The summed E-state index contributed by atoms with van der Waals surface area (Å²) in [4.78, 5) is 27.9. The van der Waals surface area contributed by atoms with Gasteiger partial charge in [0.2, 0.25) is 21.8 Å². The minimum Gasteiger partial charge on any atom is -0.354 e. The highest BCUT2D eigenvalue weighted by molar-refractivity contribution is 7.89. The van der Waals surface area contributed by atoms with Gasteiger partial charge in [-0.1, -0.05) is 17.7 Å². The molecule has 0 spiro atoms. The summed E-state index contributed by atoms with van der Waals surface area (Å²) in [7, 11) is -3.59. The van der Waals surface area contributed by atoms with Crippen molar-refractivity contribution in [3.8, 4) is 0 Å². The maximum Gasteiger partial charge on any atom is 0.243 e. The Kier molecular flexibility index (Phi) is 6.07. The monoisotopic (exact) mass is 408 g/mol. The summed E-state index contributed by atoms with van der Waals surface area (Å²) in [6.07, 6.45) is 0. The molecule has 0 aliphatic carbocycles. The summed E-state index contributed by atoms with van der Waals surface area (Å²) in [6.45, 7) is 8.50. The number of aryl methyl sites for hydroxylation is 3. The van der Waals surface area contributed by atoms with Crippen LogP contribution in [0.25, 0.3) is 0 Å². The summed E-state index contributed by atoms with van der Waals surface area (Å²) in [5.74, 6) is -0.131. The Bertz CT molecular complexity index is 853. The van der Waals surface area contributed by atoms with Gasteiger partial charge in [0.15, 0.2) is 0 Å². The molecular formula is C19H28N4O4S. The number of sulfonamides is 1. The van der Waals surface area contributed by atoms with E-state index in [1.54, 1.807) is 4.90 Å². The molecule has 2 heterocycles. The number of nitrogens with one attached hydrogen (secondary N) is 1. The normalized spacial score (nSPS) is 19.5. The second-order valence-electron chi connectivity index (χ2n) is 7.57. The number of rotatable bonds is 4. The number of benzene rings is 1. The van der Waals surface area contributed by atoms with Crippen molar-refractivity contribution in [2.75, 3.05) is 52.4 Å². The maximum atomic E-state index is 13.1. The molecule has 154 valence electrons. The van der Waals surface area contributed by atoms with Crippen molar-refractivity contribution in [2.24, 2.45) is 0 Å². The molecule has 9 heteroatoms. The van der Waals surface area contributed by atoms with Crippen LogP contribution in [0.1, 0.15) is 16.7 Å². The summed E-state index contributed by atoms with van der Waals surface area (Å²) < 4.78 is 27.7. The zero-order valence-electron chi connectivity index (χ0n) is 16.7. The van der Waals surface area contributed by atoms with E-state index in [2.05, 4.69) is 5.32 Å². The van der Waals surface area contributed by atoms with Gasteiger partial charge in [-0.3, -0.25) is 14.5 Å². The van der Waals surface area contributed by atoms with Gasteiger partial charge in [-0.25, -0.2) is 8.42 Å². The fourth-order valence-electron chi connectivity index (χ4n) is 4.00. The molecule has 2 fully saturated rings. The average Bonchev–Trinajstić information content (AvgIpc) is 2.60. The minimum atomic E-state index is -3.59. The van der Waals surface area contributed by atoms with E-state index in [-0.39, 0.29) is 38.0 Å². The fraction of sp³-hybridized carbons (Fsp3) is 0.579. The van der Waals surface area contributed by atoms with Gasteiger partial charge in [0, 0.05) is 39.3 Å². The standard InChI is InChI=1S/C19H28N4O4S/c1-14-10-15(2)19(16(3)11-14)28(26,27)23-8-6-22(7-9-23)18(25)13-21-5-4-20-17(24)12-21/h10-11H,4-9,12-13H2,1-3H3,(H,20,24). The first-order chi connectivity index (χ1) is 13.2. The molecule has 0 saturated carbocycles. The van der Waals surface area contributed by atoms with Crippen LogP contribution in [0.2, 0.25) is 0 Å². The molecule has 3 rings (SSSR count). The fourth-order valence-corrected chi connectivity index (χ4v) is 5.83. The highest BCUT2D eigenvalue weighted by Crippen LogP contribution is 2.26. The molecule has 0 bridgehead atoms. The molecule has 0 atom stereocenters. The lowest BCUT2D eigenvalue weighted by Crippen LogP contribution is -2.55. The molecule has 2 aliphatic rings. The second kappa shape index (κ2) is 8.18. The Morgan fingerprint density at radius 2 is 1.64 bits per heavy atom. The topological polar surface area (TPSA) is 90.0 Å². The largest absolute Gasteiger partial charge is 0.354 e. The Balaban J connectivity index is 1.63. The molecule has 28 heavy (non-hydrogen) atoms. The van der Waals surface area contributed by atoms with E-state index >= 15 is 0 Å². The number of hydrogen-bond acceptors (Lipinski definition) is 5. The molecular weight excluding hydrogens is 380 g/mol. The molecule has 2 aliphatic heterocycles. The van der Waals surface area contributed by atoms with Crippen molar-refractivity contribution in [1.29, 1.82) is 0 Å². The van der Waals surface area contributed by atoms with Crippen LogP contribution in [-0.2, 0) is 19.6 Å². The highest BCUT2D eigenvalue weighted by atomic mass is 32.2. The predicted octanol–water partition coefficient (Wildman–Crippen LogP) is -0.123. The first-order valence-electron chi connectivity index (χ1n) is 9.53. The third-order valence-electron chi connectivity index (χ3n) is 5.27. The lowest BCUT2D eigenvalue weighted by Gasteiger charge is -2.36. The van der Waals surface area contributed by atoms with E-state index in [1.807, 2.05) is 37.8 Å². The molecule has 1 N–H and O–H groups in total. The number of carbonyl (C=O) groups is 2. The predicted molar refractivity (Wildman–Crippen MR) is 105 cm³/mol. The van der Waals surface area contributed by atoms with Crippen molar-refractivity contribution in [3.63, 3.8) is 0 Å². The van der Waals surface area contributed by atoms with Crippen molar-refractivity contribution < 1.29 is 18.0 Å². The Morgan fingerprint density at radius 3 is 2.21 bits per heavy atom. The van der Waals surface area contributed by atoms with Crippen LogP contribution in [0.15, 0.2) is 17.0 Å². The molecule has 1 aromatic carbocycles. The molecule has 2 amide bonds. The van der Waals surface area contributed by atoms with Gasteiger partial charge in [-0.2, -0.15) is 4.31 Å². The van der Waals surface area contributed by atoms with E-state index in [4.69, 9.17) is 0 Å². The van der Waals surface area contributed by atoms with Gasteiger partial charge in [0.05, 0.1) is 18.0 Å². The molecule has 0 aromatic heterocycles. The average molecular weight is 409 g/mol. The Hall–Kier alpha value is -1.97. The van der Waals surface area contributed by atoms with Crippen LogP contribution in [0.5, 0.6) is 0 Å². The Labute approximate surface area is 166 Å². The van der Waals surface area contributed by atoms with E-state index in [0.29, 0.717) is 31.1 Å². The van der Waals surface area contributed by atoms with Crippen molar-refractivity contribution in [3.05, 3.63) is 28.8 Å². The van der Waals surface area contributed by atoms with Gasteiger partial charge in [0.25, 0.3) is 0 Å². The van der Waals surface area contributed by atoms with Gasteiger partial charge in [-0.15, -0.1) is 0 Å². The van der Waals surface area contributed by atoms with Gasteiger partial charge >= 0.3 is 0 Å². The SMILES string of the molecule is Cc1cc(C)c(S(=O)(=O)N2CCN(C(=O)CN3CCNC(=O)C3)CC2)c(C)c1. The van der Waals surface area contributed by atoms with Crippen LogP contribution in [0.4, 0.5) is 0 Å². The molecule has 0 unspecified atom stereocenters. The lowest BCUT2D eigenvalue weighted by molar-refractivity contribution is -0.135. The zero-order valence-corrected chi connectivity index (χ0v) is 17.5. The van der Waals surface area contributed by atoms with Crippen LogP contribution >= 0.6 is 0 Å². The first-order valence-corrected chi connectivity index (χ1v) is 11.0. The lowest BCUT2D eigenvalue weighted by atomic mass is 10.1. The number of amides is 2. The molecule has 8 nitrogen and oxygen atoms in total. The highest BCUT2D eigenvalue weighted by Gasteiger charge is 2.32. The smallest absolute Gasteiger partial charge is 0.243 e. The second-order valence-corrected chi connectivity index (χ2v) is 9.45. The van der Waals surface area contributed by atoms with E-state index in [0.717, 1.165) is 16.7 Å². The quantitative estimate of drug-likeness (QED) is 0.750. The van der Waals surface area contributed by atoms with Crippen molar-refractivity contribution in [2.45, 2.75) is 25.7 Å². The van der Waals surface area contributed by atoms with E-state index < -0.39 is 10.0 Å². The number of nitrogens with zero attached hydrogens (tertiary/aromatic N) is 3. The van der Waals surface area contributed by atoms with Crippen molar-refractivity contribution >= 4 is 21.8 Å². The molecule has 0 radical (unpaired) electrons. The number of piperazine rings is 2. The van der Waals surface area contributed by atoms with Crippen LogP contribution in [-0.4, -0.2) is 86.7 Å². The van der Waals surface area contributed by atoms with E-state index in [1.165, 1.54) is 4.31 Å². The summed E-state index contributed by atoms with van der Waals surface area (Å²) >= 11 is 0. The summed E-state index contributed by atoms with van der Waals surface area (Å²) in [5, 5.41) is 2.74.